The lowest BCUT2D eigenvalue weighted by molar-refractivity contribution is -0.117. The van der Waals surface area contributed by atoms with E-state index in [1.54, 1.807) is 48.5 Å². The predicted molar refractivity (Wildman–Crippen MR) is 149 cm³/mol. The maximum atomic E-state index is 13.3. The standard InChI is InChI=1S/C25H26N6O5S.ClH/c1-15(26)25(32)28-16-7-6-8-20(13-16)37(33,34)31-24-23(29-21-9-4-5-10-22(21)30-24)27-17-11-18(35-2)14-19(12-17)36-3;/h4-15H,26H2,1-3H3,(H,27,29)(H,28,32)(H,30,31);1H/t15-;/m0./s1. The molecule has 13 heteroatoms. The summed E-state index contributed by atoms with van der Waals surface area (Å²) in [4.78, 5) is 20.9. The Bertz CT molecular complexity index is 1540. The maximum Gasteiger partial charge on any atom is 0.263 e. The number of benzene rings is 3. The van der Waals surface area contributed by atoms with E-state index in [0.29, 0.717) is 28.2 Å². The Morgan fingerprint density at radius 2 is 1.47 bits per heavy atom. The van der Waals surface area contributed by atoms with Crippen LogP contribution in [0.3, 0.4) is 0 Å². The minimum Gasteiger partial charge on any atom is -0.497 e. The first-order valence-electron chi connectivity index (χ1n) is 11.1. The van der Waals surface area contributed by atoms with Crippen molar-refractivity contribution in [1.29, 1.82) is 0 Å². The molecule has 4 aromatic rings. The van der Waals surface area contributed by atoms with Crippen LogP contribution >= 0.6 is 12.4 Å². The van der Waals surface area contributed by atoms with E-state index in [1.807, 2.05) is 0 Å². The van der Waals surface area contributed by atoms with Crippen molar-refractivity contribution in [3.05, 3.63) is 66.7 Å². The van der Waals surface area contributed by atoms with Crippen LogP contribution in [0.25, 0.3) is 11.0 Å². The van der Waals surface area contributed by atoms with E-state index in [2.05, 4.69) is 25.3 Å². The van der Waals surface area contributed by atoms with E-state index in [9.17, 15) is 13.2 Å². The van der Waals surface area contributed by atoms with Crippen LogP contribution in [0.4, 0.5) is 23.0 Å². The fraction of sp³-hybridized carbons (Fsp3) is 0.160. The molecule has 0 saturated carbocycles. The number of hydrogen-bond donors (Lipinski definition) is 4. The van der Waals surface area contributed by atoms with Crippen LogP contribution in [0.1, 0.15) is 6.92 Å². The molecule has 0 bridgehead atoms. The first-order chi connectivity index (χ1) is 17.7. The Morgan fingerprint density at radius 3 is 2.05 bits per heavy atom. The molecule has 4 rings (SSSR count). The van der Waals surface area contributed by atoms with Gasteiger partial charge in [-0.1, -0.05) is 18.2 Å². The molecule has 0 radical (unpaired) electrons. The third-order valence-electron chi connectivity index (χ3n) is 5.24. The number of ether oxygens (including phenoxy) is 2. The predicted octanol–water partition coefficient (Wildman–Crippen LogP) is 3.90. The van der Waals surface area contributed by atoms with Gasteiger partial charge >= 0.3 is 0 Å². The molecule has 0 aliphatic heterocycles. The van der Waals surface area contributed by atoms with Crippen LogP contribution in [0.15, 0.2) is 71.6 Å². The number of carbonyl (C=O) groups is 1. The lowest BCUT2D eigenvalue weighted by Gasteiger charge is -2.15. The Balaban J connectivity index is 0.00000400. The number of aromatic nitrogens is 2. The van der Waals surface area contributed by atoms with Crippen molar-refractivity contribution in [3.8, 4) is 11.5 Å². The SMILES string of the molecule is COc1cc(Nc2nc3ccccc3nc2NS(=O)(=O)c2cccc(NC(=O)[C@H](C)N)c2)cc(OC)c1.Cl. The number of nitrogens with zero attached hydrogens (tertiary/aromatic N) is 2. The highest BCUT2D eigenvalue weighted by Crippen LogP contribution is 2.31. The maximum absolute atomic E-state index is 13.3. The fourth-order valence-electron chi connectivity index (χ4n) is 3.36. The number of hydrogen-bond acceptors (Lipinski definition) is 9. The lowest BCUT2D eigenvalue weighted by Crippen LogP contribution is -2.32. The molecular formula is C25H27ClN6O5S. The van der Waals surface area contributed by atoms with E-state index in [0.717, 1.165) is 0 Å². The van der Waals surface area contributed by atoms with Crippen molar-refractivity contribution in [2.45, 2.75) is 17.9 Å². The third kappa shape index (κ3) is 6.59. The van der Waals surface area contributed by atoms with E-state index >= 15 is 0 Å². The summed E-state index contributed by atoms with van der Waals surface area (Å²) in [6.07, 6.45) is 0. The molecule has 0 spiro atoms. The molecular weight excluding hydrogens is 532 g/mol. The van der Waals surface area contributed by atoms with Crippen molar-refractivity contribution < 1.29 is 22.7 Å². The van der Waals surface area contributed by atoms with E-state index in [4.69, 9.17) is 15.2 Å². The largest absolute Gasteiger partial charge is 0.497 e. The van der Waals surface area contributed by atoms with Crippen LogP contribution < -0.4 is 30.6 Å². The van der Waals surface area contributed by atoms with Gasteiger partial charge in [0.2, 0.25) is 5.91 Å². The molecule has 1 aromatic heterocycles. The molecule has 0 saturated heterocycles. The summed E-state index contributed by atoms with van der Waals surface area (Å²) in [7, 11) is -1.07. The van der Waals surface area contributed by atoms with Gasteiger partial charge in [0.25, 0.3) is 10.0 Å². The molecule has 1 atom stereocenters. The molecule has 0 aliphatic carbocycles. The van der Waals surface area contributed by atoms with Crippen molar-refractivity contribution in [3.63, 3.8) is 0 Å². The summed E-state index contributed by atoms with van der Waals surface area (Å²) in [5, 5.41) is 5.69. The minimum atomic E-state index is -4.13. The van der Waals surface area contributed by atoms with Gasteiger partial charge in [0, 0.05) is 29.6 Å². The lowest BCUT2D eigenvalue weighted by atomic mass is 10.2. The van der Waals surface area contributed by atoms with Gasteiger partial charge < -0.3 is 25.8 Å². The van der Waals surface area contributed by atoms with Crippen LogP contribution in [-0.4, -0.2) is 44.6 Å². The second-order valence-corrected chi connectivity index (χ2v) is 9.73. The molecule has 0 fully saturated rings. The first kappa shape index (κ1) is 28.4. The highest BCUT2D eigenvalue weighted by molar-refractivity contribution is 7.92. The summed E-state index contributed by atoms with van der Waals surface area (Å²) in [5.74, 6) is 0.763. The average molecular weight is 559 g/mol. The molecule has 5 N–H and O–H groups in total. The van der Waals surface area contributed by atoms with Crippen molar-refractivity contribution in [1.82, 2.24) is 9.97 Å². The van der Waals surface area contributed by atoms with Gasteiger partial charge in [-0.25, -0.2) is 18.4 Å². The summed E-state index contributed by atoms with van der Waals surface area (Å²) in [6.45, 7) is 1.53. The van der Waals surface area contributed by atoms with Gasteiger partial charge in [0.15, 0.2) is 11.6 Å². The number of fused-ring (bicyclic) bond motifs is 1. The van der Waals surface area contributed by atoms with Crippen LogP contribution in [0.5, 0.6) is 11.5 Å². The zero-order valence-electron chi connectivity index (χ0n) is 20.8. The van der Waals surface area contributed by atoms with Crippen molar-refractivity contribution >= 4 is 62.4 Å². The zero-order valence-corrected chi connectivity index (χ0v) is 22.4. The normalized spacial score (nSPS) is 11.7. The second-order valence-electron chi connectivity index (χ2n) is 8.05. The molecule has 0 aliphatic rings. The molecule has 38 heavy (non-hydrogen) atoms. The van der Waals surface area contributed by atoms with E-state index in [-0.39, 0.29) is 34.6 Å². The number of nitrogens with two attached hydrogens (primary N) is 1. The van der Waals surface area contributed by atoms with Crippen LogP contribution in [-0.2, 0) is 14.8 Å². The molecule has 0 unspecified atom stereocenters. The number of sulfonamides is 1. The molecule has 11 nitrogen and oxygen atoms in total. The Labute approximate surface area is 226 Å². The highest BCUT2D eigenvalue weighted by Gasteiger charge is 2.20. The Hall–Kier alpha value is -4.13. The summed E-state index contributed by atoms with van der Waals surface area (Å²) < 4.78 is 39.8. The van der Waals surface area contributed by atoms with Gasteiger partial charge in [0.1, 0.15) is 11.5 Å². The second kappa shape index (κ2) is 11.9. The number of carbonyl (C=O) groups excluding carboxylic acids is 1. The molecule has 3 aromatic carbocycles. The van der Waals surface area contributed by atoms with Crippen molar-refractivity contribution in [2.75, 3.05) is 29.6 Å². The number of para-hydroxylation sites is 2. The summed E-state index contributed by atoms with van der Waals surface area (Å²) in [5.41, 5.74) is 7.47. The Morgan fingerprint density at radius 1 is 0.868 bits per heavy atom. The van der Waals surface area contributed by atoms with Gasteiger partial charge in [0.05, 0.1) is 36.2 Å². The fourth-order valence-corrected chi connectivity index (χ4v) is 4.41. The molecule has 1 amide bonds. The average Bonchev–Trinajstić information content (AvgIpc) is 2.88. The smallest absolute Gasteiger partial charge is 0.263 e. The summed E-state index contributed by atoms with van der Waals surface area (Å²) in [6, 6.07) is 17.3. The van der Waals surface area contributed by atoms with Gasteiger partial charge in [-0.2, -0.15) is 0 Å². The quantitative estimate of drug-likeness (QED) is 0.239. The van der Waals surface area contributed by atoms with E-state index in [1.165, 1.54) is 39.3 Å². The van der Waals surface area contributed by atoms with Crippen LogP contribution in [0.2, 0.25) is 0 Å². The highest BCUT2D eigenvalue weighted by atomic mass is 35.5. The topological polar surface area (TPSA) is 158 Å². The van der Waals surface area contributed by atoms with E-state index < -0.39 is 22.0 Å². The zero-order chi connectivity index (χ0) is 26.6. The number of halogens is 1. The number of amides is 1. The van der Waals surface area contributed by atoms with Gasteiger partial charge in [-0.3, -0.25) is 9.52 Å². The minimum absolute atomic E-state index is 0. The molecule has 1 heterocycles. The number of rotatable bonds is 9. The number of nitrogens with one attached hydrogen (secondary N) is 3. The van der Waals surface area contributed by atoms with Crippen molar-refractivity contribution in [2.24, 2.45) is 5.73 Å². The number of methoxy groups -OCH3 is 2. The monoisotopic (exact) mass is 558 g/mol. The van der Waals surface area contributed by atoms with Gasteiger partial charge in [-0.15, -0.1) is 12.4 Å². The van der Waals surface area contributed by atoms with Gasteiger partial charge in [-0.05, 0) is 37.3 Å². The number of anilines is 4. The van der Waals surface area contributed by atoms with Crippen LogP contribution in [0, 0.1) is 0 Å². The summed E-state index contributed by atoms with van der Waals surface area (Å²) >= 11 is 0. The molecule has 200 valence electrons. The Kier molecular flexibility index (Phi) is 8.94. The first-order valence-corrected chi connectivity index (χ1v) is 12.6. The third-order valence-corrected chi connectivity index (χ3v) is 6.58.